The van der Waals surface area contributed by atoms with Crippen molar-refractivity contribution in [2.24, 2.45) is 5.92 Å². The molecular formula is C26H25FN2O3. The number of hydrogen-bond acceptors (Lipinski definition) is 3. The standard InChI is InChI=1S/C26H25FN2O3/c1-32-22-13-11-21(12-14-22)29-24(30)16-15-23(25(29)19-5-3-2-4-6-19)26(31)28-17-18-7-9-20(27)10-8-18/h2-14,23,25H,15-17H2,1H3,(H,28,31)/t23-,25+/m0/s1. The van der Waals surface area contributed by atoms with Crippen molar-refractivity contribution in [3.8, 4) is 5.75 Å². The monoisotopic (exact) mass is 432 g/mol. The van der Waals surface area contributed by atoms with E-state index in [-0.39, 0.29) is 24.1 Å². The van der Waals surface area contributed by atoms with Gasteiger partial charge in [0.15, 0.2) is 0 Å². The summed E-state index contributed by atoms with van der Waals surface area (Å²) in [5.74, 6) is -0.188. The zero-order valence-corrected chi connectivity index (χ0v) is 17.8. The van der Waals surface area contributed by atoms with Crippen LogP contribution in [0, 0.1) is 11.7 Å². The Morgan fingerprint density at radius 1 is 1.03 bits per heavy atom. The highest BCUT2D eigenvalue weighted by atomic mass is 19.1. The first-order chi connectivity index (χ1) is 15.6. The van der Waals surface area contributed by atoms with Gasteiger partial charge in [0.1, 0.15) is 11.6 Å². The van der Waals surface area contributed by atoms with E-state index in [1.54, 1.807) is 24.1 Å². The Balaban J connectivity index is 1.63. The molecule has 1 aliphatic heterocycles. The highest BCUT2D eigenvalue weighted by molar-refractivity contribution is 5.97. The average molecular weight is 432 g/mol. The summed E-state index contributed by atoms with van der Waals surface area (Å²) >= 11 is 0. The normalized spacial score (nSPS) is 18.3. The van der Waals surface area contributed by atoms with Crippen molar-refractivity contribution in [1.29, 1.82) is 0 Å². The van der Waals surface area contributed by atoms with E-state index in [4.69, 9.17) is 4.74 Å². The third kappa shape index (κ3) is 4.64. The summed E-state index contributed by atoms with van der Waals surface area (Å²) < 4.78 is 18.4. The SMILES string of the molecule is COc1ccc(N2C(=O)CC[C@H](C(=O)NCc3ccc(F)cc3)[C@H]2c2ccccc2)cc1. The second-order valence-electron chi connectivity index (χ2n) is 7.81. The first kappa shape index (κ1) is 21.6. The van der Waals surface area contributed by atoms with E-state index < -0.39 is 12.0 Å². The van der Waals surface area contributed by atoms with Crippen LogP contribution < -0.4 is 15.0 Å². The number of carbonyl (C=O) groups is 2. The molecule has 2 amide bonds. The van der Waals surface area contributed by atoms with Crippen molar-refractivity contribution in [2.75, 3.05) is 12.0 Å². The van der Waals surface area contributed by atoms with E-state index in [9.17, 15) is 14.0 Å². The van der Waals surface area contributed by atoms with E-state index in [1.165, 1.54) is 12.1 Å². The fraction of sp³-hybridized carbons (Fsp3) is 0.231. The molecule has 0 aliphatic carbocycles. The number of carbonyl (C=O) groups excluding carboxylic acids is 2. The van der Waals surface area contributed by atoms with Crippen molar-refractivity contribution in [1.82, 2.24) is 5.32 Å². The first-order valence-corrected chi connectivity index (χ1v) is 10.6. The summed E-state index contributed by atoms with van der Waals surface area (Å²) in [4.78, 5) is 28.0. The summed E-state index contributed by atoms with van der Waals surface area (Å²) in [5.41, 5.74) is 2.44. The molecule has 0 unspecified atom stereocenters. The van der Waals surface area contributed by atoms with Gasteiger partial charge < -0.3 is 15.0 Å². The van der Waals surface area contributed by atoms with Gasteiger partial charge in [-0.2, -0.15) is 0 Å². The number of nitrogens with zero attached hydrogens (tertiary/aromatic N) is 1. The molecule has 1 aliphatic rings. The van der Waals surface area contributed by atoms with Crippen LogP contribution in [0.1, 0.15) is 30.0 Å². The number of anilines is 1. The highest BCUT2D eigenvalue weighted by Gasteiger charge is 2.41. The second kappa shape index (κ2) is 9.64. The van der Waals surface area contributed by atoms with Gasteiger partial charge in [0.05, 0.1) is 19.1 Å². The molecule has 32 heavy (non-hydrogen) atoms. The van der Waals surface area contributed by atoms with Gasteiger partial charge in [-0.25, -0.2) is 4.39 Å². The van der Waals surface area contributed by atoms with Crippen LogP contribution in [-0.4, -0.2) is 18.9 Å². The largest absolute Gasteiger partial charge is 0.497 e. The maximum Gasteiger partial charge on any atom is 0.227 e. The molecule has 0 saturated carbocycles. The fourth-order valence-electron chi connectivity index (χ4n) is 4.17. The van der Waals surface area contributed by atoms with E-state index in [1.807, 2.05) is 54.6 Å². The van der Waals surface area contributed by atoms with Gasteiger partial charge in [-0.15, -0.1) is 0 Å². The number of halogens is 1. The molecule has 0 spiro atoms. The van der Waals surface area contributed by atoms with Gasteiger partial charge in [-0.1, -0.05) is 42.5 Å². The predicted octanol–water partition coefficient (Wildman–Crippen LogP) is 4.64. The van der Waals surface area contributed by atoms with E-state index in [0.29, 0.717) is 18.7 Å². The van der Waals surface area contributed by atoms with Gasteiger partial charge >= 0.3 is 0 Å². The molecule has 5 nitrogen and oxygen atoms in total. The minimum Gasteiger partial charge on any atom is -0.497 e. The van der Waals surface area contributed by atoms with Crippen LogP contribution in [0.2, 0.25) is 0 Å². The molecule has 1 fully saturated rings. The van der Waals surface area contributed by atoms with Crippen molar-refractivity contribution in [3.05, 3.63) is 95.8 Å². The molecule has 0 aromatic heterocycles. The number of ether oxygens (including phenoxy) is 1. The summed E-state index contributed by atoms with van der Waals surface area (Å²) in [6, 6.07) is 22.5. The number of rotatable bonds is 6. The lowest BCUT2D eigenvalue weighted by Gasteiger charge is -2.41. The van der Waals surface area contributed by atoms with Gasteiger partial charge in [0.2, 0.25) is 11.8 Å². The Kier molecular flexibility index (Phi) is 6.50. The molecule has 3 aromatic rings. The Bertz CT molecular complexity index is 1070. The van der Waals surface area contributed by atoms with Crippen LogP contribution in [0.4, 0.5) is 10.1 Å². The molecule has 6 heteroatoms. The van der Waals surface area contributed by atoms with Crippen molar-refractivity contribution in [2.45, 2.75) is 25.4 Å². The third-order valence-electron chi connectivity index (χ3n) is 5.81. The van der Waals surface area contributed by atoms with Gasteiger partial charge in [-0.05, 0) is 53.9 Å². The number of nitrogens with one attached hydrogen (secondary N) is 1. The minimum absolute atomic E-state index is 0.0217. The number of piperidine rings is 1. The molecule has 1 heterocycles. The second-order valence-corrected chi connectivity index (χ2v) is 7.81. The molecule has 1 N–H and O–H groups in total. The Morgan fingerprint density at radius 3 is 2.38 bits per heavy atom. The minimum atomic E-state index is -0.431. The van der Waals surface area contributed by atoms with Crippen LogP contribution in [0.25, 0.3) is 0 Å². The summed E-state index contributed by atoms with van der Waals surface area (Å²) in [6.07, 6.45) is 0.740. The lowest BCUT2D eigenvalue weighted by Crippen LogP contribution is -2.48. The van der Waals surface area contributed by atoms with Crippen molar-refractivity contribution in [3.63, 3.8) is 0 Å². The van der Waals surface area contributed by atoms with Gasteiger partial charge in [0, 0.05) is 18.7 Å². The zero-order chi connectivity index (χ0) is 22.5. The zero-order valence-electron chi connectivity index (χ0n) is 17.8. The molecule has 2 atom stereocenters. The predicted molar refractivity (Wildman–Crippen MR) is 121 cm³/mol. The number of hydrogen-bond donors (Lipinski definition) is 1. The Labute approximate surface area is 186 Å². The lowest BCUT2D eigenvalue weighted by atomic mass is 9.83. The van der Waals surface area contributed by atoms with Gasteiger partial charge in [0.25, 0.3) is 0 Å². The van der Waals surface area contributed by atoms with E-state index in [2.05, 4.69) is 5.32 Å². The molecule has 4 rings (SSSR count). The smallest absolute Gasteiger partial charge is 0.227 e. The maximum atomic E-state index is 13.3. The first-order valence-electron chi connectivity index (χ1n) is 10.6. The lowest BCUT2D eigenvalue weighted by molar-refractivity contribution is -0.129. The quantitative estimate of drug-likeness (QED) is 0.618. The van der Waals surface area contributed by atoms with Gasteiger partial charge in [-0.3, -0.25) is 9.59 Å². The summed E-state index contributed by atoms with van der Waals surface area (Å²) in [5, 5.41) is 2.97. The van der Waals surface area contributed by atoms with E-state index in [0.717, 1.165) is 16.8 Å². The topological polar surface area (TPSA) is 58.6 Å². The highest BCUT2D eigenvalue weighted by Crippen LogP contribution is 2.40. The van der Waals surface area contributed by atoms with Crippen molar-refractivity contribution >= 4 is 17.5 Å². The van der Waals surface area contributed by atoms with Crippen LogP contribution in [0.15, 0.2) is 78.9 Å². The third-order valence-corrected chi connectivity index (χ3v) is 5.81. The molecule has 3 aromatic carbocycles. The molecule has 0 bridgehead atoms. The molecular weight excluding hydrogens is 407 g/mol. The fourth-order valence-corrected chi connectivity index (χ4v) is 4.17. The number of amides is 2. The Morgan fingerprint density at radius 2 is 1.72 bits per heavy atom. The molecule has 1 saturated heterocycles. The van der Waals surface area contributed by atoms with Crippen LogP contribution in [0.3, 0.4) is 0 Å². The summed E-state index contributed by atoms with van der Waals surface area (Å²) in [6.45, 7) is 0.299. The van der Waals surface area contributed by atoms with Crippen molar-refractivity contribution < 1.29 is 18.7 Å². The Hall–Kier alpha value is -3.67. The maximum absolute atomic E-state index is 13.3. The summed E-state index contributed by atoms with van der Waals surface area (Å²) in [7, 11) is 1.59. The van der Waals surface area contributed by atoms with Crippen LogP contribution in [-0.2, 0) is 16.1 Å². The van der Waals surface area contributed by atoms with Crippen LogP contribution >= 0.6 is 0 Å². The molecule has 0 radical (unpaired) electrons. The average Bonchev–Trinajstić information content (AvgIpc) is 2.84. The number of methoxy groups -OCH3 is 1. The number of benzene rings is 3. The van der Waals surface area contributed by atoms with E-state index >= 15 is 0 Å². The molecule has 164 valence electrons. The van der Waals surface area contributed by atoms with Crippen LogP contribution in [0.5, 0.6) is 5.75 Å².